The maximum Gasteiger partial charge on any atom is 0.265 e. The Morgan fingerprint density at radius 3 is 2.94 bits per heavy atom. The molecule has 1 unspecified atom stereocenters. The summed E-state index contributed by atoms with van der Waals surface area (Å²) in [5.74, 6) is 0.0923. The zero-order valence-corrected chi connectivity index (χ0v) is 11.2. The van der Waals surface area contributed by atoms with Gasteiger partial charge in [0, 0.05) is 12.1 Å². The minimum Gasteiger partial charge on any atom is -0.382 e. The van der Waals surface area contributed by atoms with E-state index in [1.54, 1.807) is 6.08 Å². The molecule has 6 heteroatoms. The molecule has 1 amide bonds. The highest BCUT2D eigenvalue weighted by Crippen LogP contribution is 2.29. The number of carbonyl (C=O) groups excluding carboxylic acids is 1. The number of nitrogens with one attached hydrogen (secondary N) is 2. The lowest BCUT2D eigenvalue weighted by atomic mass is 9.93. The molecule has 0 spiro atoms. The molecule has 0 aliphatic heterocycles. The number of carbonyl (C=O) groups is 1. The molecule has 1 aromatic rings. The molecular weight excluding hydrogens is 248 g/mol. The first kappa shape index (κ1) is 12.9. The Morgan fingerprint density at radius 1 is 1.67 bits per heavy atom. The van der Waals surface area contributed by atoms with Crippen molar-refractivity contribution in [3.8, 4) is 0 Å². The summed E-state index contributed by atoms with van der Waals surface area (Å²) in [4.78, 5) is 16.6. The van der Waals surface area contributed by atoms with Gasteiger partial charge in [-0.05, 0) is 26.2 Å². The molecule has 0 radical (unpaired) electrons. The molecule has 2 rings (SSSR count). The predicted octanol–water partition coefficient (Wildman–Crippen LogP) is 1.99. The summed E-state index contributed by atoms with van der Waals surface area (Å²) in [7, 11) is 0. The number of nitrogens with zero attached hydrogens (tertiary/aromatic N) is 1. The number of thiazole rings is 1. The first-order valence-corrected chi connectivity index (χ1v) is 6.88. The fourth-order valence-electron chi connectivity index (χ4n) is 1.61. The normalized spacial score (nSPS) is 16.7. The first-order chi connectivity index (χ1) is 8.60. The zero-order chi connectivity index (χ0) is 13.1. The second kappa shape index (κ2) is 5.39. The molecule has 1 fully saturated rings. The standard InChI is InChI=1S/C12H18N4OS/c1-3-7(2)14-11(17)9-10(13)16-12(18-9)15-8-5-4-6-8/h3,7-8H,1,4-6,13H2,2H3,(H,14,17)(H,15,16). The van der Waals surface area contributed by atoms with E-state index in [2.05, 4.69) is 22.2 Å². The molecule has 1 aromatic heterocycles. The van der Waals surface area contributed by atoms with Gasteiger partial charge in [-0.3, -0.25) is 4.79 Å². The molecule has 0 bridgehead atoms. The van der Waals surface area contributed by atoms with Crippen LogP contribution in [0, 0.1) is 0 Å². The van der Waals surface area contributed by atoms with E-state index in [0.717, 1.165) is 18.0 Å². The first-order valence-electron chi connectivity index (χ1n) is 6.06. The van der Waals surface area contributed by atoms with Gasteiger partial charge in [-0.2, -0.15) is 0 Å². The molecule has 1 atom stereocenters. The Hall–Kier alpha value is -1.56. The van der Waals surface area contributed by atoms with Crippen molar-refractivity contribution >= 4 is 28.2 Å². The molecule has 98 valence electrons. The highest BCUT2D eigenvalue weighted by Gasteiger charge is 2.21. The fraction of sp³-hybridized carbons (Fsp3) is 0.500. The molecule has 5 nitrogen and oxygen atoms in total. The van der Waals surface area contributed by atoms with Crippen molar-refractivity contribution in [2.45, 2.75) is 38.3 Å². The van der Waals surface area contributed by atoms with Gasteiger partial charge in [-0.1, -0.05) is 17.4 Å². The zero-order valence-electron chi connectivity index (χ0n) is 10.4. The van der Waals surface area contributed by atoms with Crippen LogP contribution in [0.25, 0.3) is 0 Å². The number of anilines is 2. The van der Waals surface area contributed by atoms with Gasteiger partial charge in [0.1, 0.15) is 10.7 Å². The second-order valence-corrected chi connectivity index (χ2v) is 5.50. The van der Waals surface area contributed by atoms with Crippen LogP contribution >= 0.6 is 11.3 Å². The molecule has 1 heterocycles. The topological polar surface area (TPSA) is 80.0 Å². The minimum atomic E-state index is -0.195. The van der Waals surface area contributed by atoms with Gasteiger partial charge in [0.05, 0.1) is 0 Å². The van der Waals surface area contributed by atoms with Gasteiger partial charge in [0.2, 0.25) is 0 Å². The number of amides is 1. The van der Waals surface area contributed by atoms with Gasteiger partial charge in [-0.15, -0.1) is 6.58 Å². The Labute approximate surface area is 110 Å². The van der Waals surface area contributed by atoms with E-state index >= 15 is 0 Å². The summed E-state index contributed by atoms with van der Waals surface area (Å²) in [6.45, 7) is 5.48. The SMILES string of the molecule is C=CC(C)NC(=O)c1sc(NC2CCC2)nc1N. The summed E-state index contributed by atoms with van der Waals surface area (Å²) in [6, 6.07) is 0.403. The van der Waals surface area contributed by atoms with Crippen LogP contribution in [-0.4, -0.2) is 23.0 Å². The third kappa shape index (κ3) is 2.81. The van der Waals surface area contributed by atoms with Crippen LogP contribution in [0.3, 0.4) is 0 Å². The molecule has 0 aromatic carbocycles. The van der Waals surface area contributed by atoms with Crippen molar-refractivity contribution in [1.82, 2.24) is 10.3 Å². The molecule has 0 saturated heterocycles. The van der Waals surface area contributed by atoms with E-state index < -0.39 is 0 Å². The Balaban J connectivity index is 2.03. The molecular formula is C12H18N4OS. The van der Waals surface area contributed by atoms with Crippen LogP contribution < -0.4 is 16.4 Å². The molecule has 1 saturated carbocycles. The lowest BCUT2D eigenvalue weighted by molar-refractivity contribution is 0.0951. The van der Waals surface area contributed by atoms with Gasteiger partial charge in [-0.25, -0.2) is 4.98 Å². The average Bonchev–Trinajstić information content (AvgIpc) is 2.65. The van der Waals surface area contributed by atoms with E-state index in [4.69, 9.17) is 5.73 Å². The third-order valence-electron chi connectivity index (χ3n) is 3.00. The highest BCUT2D eigenvalue weighted by atomic mass is 32.1. The number of hydrogen-bond donors (Lipinski definition) is 3. The van der Waals surface area contributed by atoms with Crippen LogP contribution in [0.5, 0.6) is 0 Å². The van der Waals surface area contributed by atoms with Gasteiger partial charge < -0.3 is 16.4 Å². The van der Waals surface area contributed by atoms with Crippen LogP contribution in [-0.2, 0) is 0 Å². The number of nitrogens with two attached hydrogens (primary N) is 1. The van der Waals surface area contributed by atoms with Crippen molar-refractivity contribution < 1.29 is 4.79 Å². The second-order valence-electron chi connectivity index (χ2n) is 4.50. The minimum absolute atomic E-state index is 0.0814. The van der Waals surface area contributed by atoms with Crippen molar-refractivity contribution in [3.63, 3.8) is 0 Å². The maximum absolute atomic E-state index is 11.9. The number of hydrogen-bond acceptors (Lipinski definition) is 5. The largest absolute Gasteiger partial charge is 0.382 e. The Morgan fingerprint density at radius 2 is 2.39 bits per heavy atom. The van der Waals surface area contributed by atoms with E-state index in [0.29, 0.717) is 10.9 Å². The van der Waals surface area contributed by atoms with Gasteiger partial charge in [0.25, 0.3) is 5.91 Å². The van der Waals surface area contributed by atoms with Crippen LogP contribution in [0.1, 0.15) is 35.9 Å². The van der Waals surface area contributed by atoms with Gasteiger partial charge in [0.15, 0.2) is 5.13 Å². The lowest BCUT2D eigenvalue weighted by Gasteiger charge is -2.25. The lowest BCUT2D eigenvalue weighted by Crippen LogP contribution is -2.30. The van der Waals surface area contributed by atoms with E-state index in [9.17, 15) is 4.79 Å². The van der Waals surface area contributed by atoms with Crippen LogP contribution in [0.15, 0.2) is 12.7 Å². The number of rotatable bonds is 5. The van der Waals surface area contributed by atoms with Gasteiger partial charge >= 0.3 is 0 Å². The molecule has 4 N–H and O–H groups in total. The Bertz CT molecular complexity index is 453. The molecule has 1 aliphatic rings. The van der Waals surface area contributed by atoms with E-state index in [-0.39, 0.29) is 17.8 Å². The number of nitrogen functional groups attached to an aromatic ring is 1. The van der Waals surface area contributed by atoms with Crippen molar-refractivity contribution in [2.75, 3.05) is 11.1 Å². The monoisotopic (exact) mass is 266 g/mol. The molecule has 18 heavy (non-hydrogen) atoms. The van der Waals surface area contributed by atoms with E-state index in [1.165, 1.54) is 17.8 Å². The van der Waals surface area contributed by atoms with Crippen molar-refractivity contribution in [2.24, 2.45) is 0 Å². The van der Waals surface area contributed by atoms with Crippen LogP contribution in [0.2, 0.25) is 0 Å². The summed E-state index contributed by atoms with van der Waals surface area (Å²) in [5.41, 5.74) is 5.77. The van der Waals surface area contributed by atoms with E-state index in [1.807, 2.05) is 6.92 Å². The van der Waals surface area contributed by atoms with Crippen LogP contribution in [0.4, 0.5) is 10.9 Å². The summed E-state index contributed by atoms with van der Waals surface area (Å²) < 4.78 is 0. The average molecular weight is 266 g/mol. The van der Waals surface area contributed by atoms with Crippen molar-refractivity contribution in [3.05, 3.63) is 17.5 Å². The Kier molecular flexibility index (Phi) is 3.86. The third-order valence-corrected chi connectivity index (χ3v) is 4.01. The summed E-state index contributed by atoms with van der Waals surface area (Å²) in [5, 5.41) is 6.81. The van der Waals surface area contributed by atoms with Crippen molar-refractivity contribution in [1.29, 1.82) is 0 Å². The summed E-state index contributed by atoms with van der Waals surface area (Å²) in [6.07, 6.45) is 5.24. The smallest absolute Gasteiger partial charge is 0.265 e. The quantitative estimate of drug-likeness (QED) is 0.712. The summed E-state index contributed by atoms with van der Waals surface area (Å²) >= 11 is 1.30. The maximum atomic E-state index is 11.9. The predicted molar refractivity (Wildman–Crippen MR) is 74.9 cm³/mol. The fourth-order valence-corrected chi connectivity index (χ4v) is 2.48. The highest BCUT2D eigenvalue weighted by molar-refractivity contribution is 7.18. The number of aromatic nitrogens is 1. The molecule has 1 aliphatic carbocycles.